The van der Waals surface area contributed by atoms with E-state index in [1.165, 1.54) is 24.8 Å². The van der Waals surface area contributed by atoms with Crippen molar-refractivity contribution in [3.63, 3.8) is 0 Å². The number of carbonyl (C=O) groups is 1. The molecule has 0 aliphatic heterocycles. The van der Waals surface area contributed by atoms with Crippen molar-refractivity contribution in [3.8, 4) is 0 Å². The third-order valence-electron chi connectivity index (χ3n) is 3.44. The average molecular weight is 176 g/mol. The summed E-state index contributed by atoms with van der Waals surface area (Å²) in [4.78, 5) is 11.2. The van der Waals surface area contributed by atoms with Gasteiger partial charge in [-0.05, 0) is 30.9 Å². The zero-order valence-electron chi connectivity index (χ0n) is 8.34. The zero-order chi connectivity index (χ0) is 9.47. The van der Waals surface area contributed by atoms with Gasteiger partial charge in [-0.15, -0.1) is 0 Å². The van der Waals surface area contributed by atoms with Crippen LogP contribution in [0.3, 0.4) is 0 Å². The predicted molar refractivity (Wildman–Crippen MR) is 53.4 cm³/mol. The monoisotopic (exact) mass is 176 g/mol. The SMILES string of the molecule is C[C@@H]1CCCC2(C)C=CC(=O)C=C12. The first-order chi connectivity index (χ1) is 6.12. The van der Waals surface area contributed by atoms with Crippen LogP contribution in [0, 0.1) is 11.3 Å². The van der Waals surface area contributed by atoms with Crippen molar-refractivity contribution in [1.82, 2.24) is 0 Å². The van der Waals surface area contributed by atoms with Gasteiger partial charge < -0.3 is 0 Å². The quantitative estimate of drug-likeness (QED) is 0.554. The normalized spacial score (nSPS) is 38.5. The molecule has 2 aliphatic rings. The van der Waals surface area contributed by atoms with Crippen molar-refractivity contribution in [3.05, 3.63) is 23.8 Å². The molecule has 1 nitrogen and oxygen atoms in total. The fourth-order valence-corrected chi connectivity index (χ4v) is 2.59. The largest absolute Gasteiger partial charge is 0.290 e. The minimum absolute atomic E-state index is 0.168. The van der Waals surface area contributed by atoms with Crippen molar-refractivity contribution in [2.45, 2.75) is 33.1 Å². The van der Waals surface area contributed by atoms with Gasteiger partial charge in [-0.25, -0.2) is 0 Å². The average Bonchev–Trinajstić information content (AvgIpc) is 2.08. The van der Waals surface area contributed by atoms with E-state index >= 15 is 0 Å². The molecule has 0 aromatic carbocycles. The van der Waals surface area contributed by atoms with Crippen LogP contribution in [-0.2, 0) is 4.79 Å². The molecule has 0 aromatic rings. The molecule has 2 atom stereocenters. The summed E-state index contributed by atoms with van der Waals surface area (Å²) in [6.07, 6.45) is 9.40. The smallest absolute Gasteiger partial charge is 0.178 e. The minimum Gasteiger partial charge on any atom is -0.290 e. The maximum atomic E-state index is 11.2. The first kappa shape index (κ1) is 8.74. The van der Waals surface area contributed by atoms with Crippen LogP contribution in [0.5, 0.6) is 0 Å². The summed E-state index contributed by atoms with van der Waals surface area (Å²) in [5.41, 5.74) is 1.54. The molecule has 0 spiro atoms. The summed E-state index contributed by atoms with van der Waals surface area (Å²) in [5.74, 6) is 0.758. The highest BCUT2D eigenvalue weighted by molar-refractivity contribution is 6.01. The number of fused-ring (bicyclic) bond motifs is 1. The Balaban J connectivity index is 2.39. The number of hydrogen-bond donors (Lipinski definition) is 0. The molecule has 2 aliphatic carbocycles. The van der Waals surface area contributed by atoms with E-state index < -0.39 is 0 Å². The first-order valence-corrected chi connectivity index (χ1v) is 5.07. The van der Waals surface area contributed by atoms with E-state index in [0.717, 1.165) is 0 Å². The Morgan fingerprint density at radius 3 is 3.08 bits per heavy atom. The molecular weight excluding hydrogens is 160 g/mol. The Morgan fingerprint density at radius 2 is 2.31 bits per heavy atom. The number of allylic oxidation sites excluding steroid dienone is 4. The van der Waals surface area contributed by atoms with Gasteiger partial charge in [-0.2, -0.15) is 0 Å². The lowest BCUT2D eigenvalue weighted by Crippen LogP contribution is -2.29. The summed E-state index contributed by atoms with van der Waals surface area (Å²) >= 11 is 0. The molecule has 13 heavy (non-hydrogen) atoms. The zero-order valence-corrected chi connectivity index (χ0v) is 8.34. The van der Waals surface area contributed by atoms with Crippen LogP contribution in [0.4, 0.5) is 0 Å². The summed E-state index contributed by atoms with van der Waals surface area (Å²) < 4.78 is 0. The van der Waals surface area contributed by atoms with Gasteiger partial charge in [0.2, 0.25) is 0 Å². The lowest BCUT2D eigenvalue weighted by atomic mass is 9.65. The molecule has 1 saturated carbocycles. The summed E-state index contributed by atoms with van der Waals surface area (Å²) in [5, 5.41) is 0. The van der Waals surface area contributed by atoms with Crippen molar-refractivity contribution in [1.29, 1.82) is 0 Å². The van der Waals surface area contributed by atoms with Crippen LogP contribution in [0.1, 0.15) is 33.1 Å². The van der Waals surface area contributed by atoms with Crippen LogP contribution < -0.4 is 0 Å². The molecule has 0 aromatic heterocycles. The van der Waals surface area contributed by atoms with Gasteiger partial charge in [-0.3, -0.25) is 4.79 Å². The summed E-state index contributed by atoms with van der Waals surface area (Å²) in [6, 6.07) is 0. The van der Waals surface area contributed by atoms with Crippen molar-refractivity contribution in [2.75, 3.05) is 0 Å². The fraction of sp³-hybridized carbons (Fsp3) is 0.583. The highest BCUT2D eigenvalue weighted by atomic mass is 16.1. The summed E-state index contributed by atoms with van der Waals surface area (Å²) in [7, 11) is 0. The van der Waals surface area contributed by atoms with Gasteiger partial charge in [0.15, 0.2) is 5.78 Å². The van der Waals surface area contributed by atoms with Crippen molar-refractivity contribution >= 4 is 5.78 Å². The van der Waals surface area contributed by atoms with Gasteiger partial charge in [0.25, 0.3) is 0 Å². The molecule has 2 rings (SSSR count). The van der Waals surface area contributed by atoms with E-state index in [2.05, 4.69) is 19.9 Å². The highest BCUT2D eigenvalue weighted by Crippen LogP contribution is 2.46. The van der Waals surface area contributed by atoms with E-state index in [9.17, 15) is 4.79 Å². The molecule has 0 N–H and O–H groups in total. The Hall–Kier alpha value is -0.850. The fourth-order valence-electron chi connectivity index (χ4n) is 2.59. The van der Waals surface area contributed by atoms with Crippen LogP contribution >= 0.6 is 0 Å². The third kappa shape index (κ3) is 1.37. The van der Waals surface area contributed by atoms with Gasteiger partial charge in [0.1, 0.15) is 0 Å². The first-order valence-electron chi connectivity index (χ1n) is 5.07. The molecular formula is C12H16O. The number of hydrogen-bond acceptors (Lipinski definition) is 1. The van der Waals surface area contributed by atoms with E-state index in [1.54, 1.807) is 6.08 Å². The number of ketones is 1. The predicted octanol–water partition coefficient (Wildman–Crippen LogP) is 2.88. The van der Waals surface area contributed by atoms with E-state index in [-0.39, 0.29) is 11.2 Å². The van der Waals surface area contributed by atoms with Crippen LogP contribution in [0.15, 0.2) is 23.8 Å². The molecule has 1 unspecified atom stereocenters. The van der Waals surface area contributed by atoms with Crippen LogP contribution in [0.2, 0.25) is 0 Å². The van der Waals surface area contributed by atoms with Gasteiger partial charge in [0, 0.05) is 5.41 Å². The van der Waals surface area contributed by atoms with Gasteiger partial charge in [-0.1, -0.05) is 31.9 Å². The van der Waals surface area contributed by atoms with Crippen molar-refractivity contribution in [2.24, 2.45) is 11.3 Å². The van der Waals surface area contributed by atoms with Crippen LogP contribution in [-0.4, -0.2) is 5.78 Å². The molecule has 0 saturated heterocycles. The second kappa shape index (κ2) is 2.83. The molecule has 1 fully saturated rings. The lowest BCUT2D eigenvalue weighted by molar-refractivity contribution is -0.110. The number of carbonyl (C=O) groups excluding carboxylic acids is 1. The van der Waals surface area contributed by atoms with Gasteiger partial charge >= 0.3 is 0 Å². The second-order valence-electron chi connectivity index (χ2n) is 4.55. The Bertz CT molecular complexity index is 298. The molecule has 70 valence electrons. The van der Waals surface area contributed by atoms with Gasteiger partial charge in [0.05, 0.1) is 0 Å². The standard InChI is InChI=1S/C12H16O/c1-9-4-3-6-12(2)7-5-10(13)8-11(9)12/h5,7-9H,3-4,6H2,1-2H3/t9-,12?/m1/s1. The second-order valence-corrected chi connectivity index (χ2v) is 4.55. The minimum atomic E-state index is 0.168. The molecule has 0 bridgehead atoms. The van der Waals surface area contributed by atoms with E-state index in [0.29, 0.717) is 5.92 Å². The Morgan fingerprint density at radius 1 is 1.54 bits per heavy atom. The maximum Gasteiger partial charge on any atom is 0.178 e. The molecule has 1 heteroatoms. The van der Waals surface area contributed by atoms with Crippen molar-refractivity contribution < 1.29 is 4.79 Å². The molecule has 0 heterocycles. The summed E-state index contributed by atoms with van der Waals surface area (Å²) in [6.45, 7) is 4.48. The topological polar surface area (TPSA) is 17.1 Å². The maximum absolute atomic E-state index is 11.2. The lowest BCUT2D eigenvalue weighted by Gasteiger charge is -2.39. The van der Waals surface area contributed by atoms with E-state index in [1.807, 2.05) is 6.08 Å². The molecule has 0 radical (unpaired) electrons. The van der Waals surface area contributed by atoms with Crippen LogP contribution in [0.25, 0.3) is 0 Å². The Kier molecular flexibility index (Phi) is 1.90. The van der Waals surface area contributed by atoms with E-state index in [4.69, 9.17) is 0 Å². The third-order valence-corrected chi connectivity index (χ3v) is 3.44. The Labute approximate surface area is 79.5 Å². The highest BCUT2D eigenvalue weighted by Gasteiger charge is 2.35. The number of rotatable bonds is 0. The molecule has 0 amide bonds.